The monoisotopic (exact) mass is 144 g/mol. The zero-order valence-corrected chi connectivity index (χ0v) is 6.04. The number of phenolic OH excluding ortho intramolecular Hbond substituents is 1. The maximum atomic E-state index is 9.38. The summed E-state index contributed by atoms with van der Waals surface area (Å²) in [7, 11) is 0. The van der Waals surface area contributed by atoms with Crippen molar-refractivity contribution in [2.45, 2.75) is 0 Å². The standard InChI is InChI=1S/C10H8O/c1-3-8-6-5-7-9(4-2)10(8)11/h1,4-7,11H,2H2. The van der Waals surface area contributed by atoms with Crippen LogP contribution >= 0.6 is 0 Å². The molecular weight excluding hydrogens is 136 g/mol. The number of rotatable bonds is 1. The first-order valence-corrected chi connectivity index (χ1v) is 3.20. The van der Waals surface area contributed by atoms with Gasteiger partial charge in [0.25, 0.3) is 0 Å². The van der Waals surface area contributed by atoms with Gasteiger partial charge in [-0.2, -0.15) is 0 Å². The van der Waals surface area contributed by atoms with Gasteiger partial charge in [0.2, 0.25) is 0 Å². The van der Waals surface area contributed by atoms with Gasteiger partial charge in [0.15, 0.2) is 0 Å². The number of hydrogen-bond donors (Lipinski definition) is 1. The van der Waals surface area contributed by atoms with Crippen LogP contribution < -0.4 is 0 Å². The van der Waals surface area contributed by atoms with Crippen molar-refractivity contribution in [3.05, 3.63) is 35.9 Å². The summed E-state index contributed by atoms with van der Waals surface area (Å²) >= 11 is 0. The Hall–Kier alpha value is -1.68. The maximum Gasteiger partial charge on any atom is 0.138 e. The predicted molar refractivity (Wildman–Crippen MR) is 46.1 cm³/mol. The van der Waals surface area contributed by atoms with Crippen LogP contribution in [-0.4, -0.2) is 5.11 Å². The summed E-state index contributed by atoms with van der Waals surface area (Å²) in [6.45, 7) is 3.54. The van der Waals surface area contributed by atoms with Gasteiger partial charge in [0, 0.05) is 5.56 Å². The summed E-state index contributed by atoms with van der Waals surface area (Å²) in [6, 6.07) is 5.22. The van der Waals surface area contributed by atoms with Crippen LogP contribution in [0.3, 0.4) is 0 Å². The molecule has 0 bridgehead atoms. The van der Waals surface area contributed by atoms with Crippen molar-refractivity contribution in [3.8, 4) is 18.1 Å². The van der Waals surface area contributed by atoms with Crippen LogP contribution in [0.5, 0.6) is 5.75 Å². The molecular formula is C10H8O. The molecule has 0 atom stereocenters. The number of aromatic hydroxyl groups is 1. The molecule has 0 spiro atoms. The summed E-state index contributed by atoms with van der Waals surface area (Å²) in [5.41, 5.74) is 1.17. The van der Waals surface area contributed by atoms with Crippen molar-refractivity contribution >= 4 is 6.08 Å². The number of hydrogen-bond acceptors (Lipinski definition) is 1. The lowest BCUT2D eigenvalue weighted by molar-refractivity contribution is 0.472. The number of para-hydroxylation sites is 1. The highest BCUT2D eigenvalue weighted by atomic mass is 16.3. The Morgan fingerprint density at radius 3 is 2.82 bits per heavy atom. The highest BCUT2D eigenvalue weighted by Gasteiger charge is 1.99. The molecule has 1 rings (SSSR count). The molecule has 0 amide bonds. The molecule has 0 unspecified atom stereocenters. The SMILES string of the molecule is C#Cc1cccc(C=C)c1O. The summed E-state index contributed by atoms with van der Waals surface area (Å²) in [5, 5.41) is 9.38. The number of phenols is 1. The molecule has 54 valence electrons. The predicted octanol–water partition coefficient (Wildman–Crippen LogP) is 2.02. The van der Waals surface area contributed by atoms with E-state index in [1.807, 2.05) is 0 Å². The molecule has 0 heterocycles. The fourth-order valence-corrected chi connectivity index (χ4v) is 0.843. The molecule has 1 nitrogen and oxygen atoms in total. The average molecular weight is 144 g/mol. The third kappa shape index (κ3) is 1.25. The Morgan fingerprint density at radius 1 is 1.55 bits per heavy atom. The molecule has 0 aliphatic heterocycles. The van der Waals surface area contributed by atoms with E-state index in [2.05, 4.69) is 12.5 Å². The third-order valence-corrected chi connectivity index (χ3v) is 1.44. The van der Waals surface area contributed by atoms with E-state index in [0.717, 1.165) is 0 Å². The third-order valence-electron chi connectivity index (χ3n) is 1.44. The molecule has 0 aromatic heterocycles. The van der Waals surface area contributed by atoms with Gasteiger partial charge in [-0.1, -0.05) is 30.7 Å². The smallest absolute Gasteiger partial charge is 0.138 e. The molecule has 1 aromatic carbocycles. The zero-order chi connectivity index (χ0) is 8.27. The second kappa shape index (κ2) is 2.94. The van der Waals surface area contributed by atoms with Crippen molar-refractivity contribution in [1.29, 1.82) is 0 Å². The molecule has 0 radical (unpaired) electrons. The van der Waals surface area contributed by atoms with Crippen LogP contribution in [0.1, 0.15) is 11.1 Å². The fourth-order valence-electron chi connectivity index (χ4n) is 0.843. The largest absolute Gasteiger partial charge is 0.506 e. The van der Waals surface area contributed by atoms with Crippen molar-refractivity contribution < 1.29 is 5.11 Å². The highest BCUT2D eigenvalue weighted by Crippen LogP contribution is 2.21. The summed E-state index contributed by atoms with van der Waals surface area (Å²) in [6.07, 6.45) is 6.70. The first kappa shape index (κ1) is 7.43. The van der Waals surface area contributed by atoms with E-state index in [1.54, 1.807) is 24.3 Å². The van der Waals surface area contributed by atoms with Gasteiger partial charge in [-0.25, -0.2) is 0 Å². The molecule has 1 heteroatoms. The zero-order valence-electron chi connectivity index (χ0n) is 6.04. The van der Waals surface area contributed by atoms with Crippen LogP contribution in [0.25, 0.3) is 6.08 Å². The summed E-state index contributed by atoms with van der Waals surface area (Å²) < 4.78 is 0. The molecule has 11 heavy (non-hydrogen) atoms. The van der Waals surface area contributed by atoms with Gasteiger partial charge in [0.1, 0.15) is 5.75 Å². The minimum Gasteiger partial charge on any atom is -0.506 e. The van der Waals surface area contributed by atoms with E-state index in [-0.39, 0.29) is 5.75 Å². The number of terminal acetylenes is 1. The van der Waals surface area contributed by atoms with Crippen molar-refractivity contribution in [2.75, 3.05) is 0 Å². The minimum atomic E-state index is 0.130. The quantitative estimate of drug-likeness (QED) is 0.598. The van der Waals surface area contributed by atoms with Crippen LogP contribution in [0.2, 0.25) is 0 Å². The lowest BCUT2D eigenvalue weighted by Gasteiger charge is -1.99. The van der Waals surface area contributed by atoms with E-state index in [9.17, 15) is 5.11 Å². The minimum absolute atomic E-state index is 0.130. The van der Waals surface area contributed by atoms with E-state index in [4.69, 9.17) is 6.42 Å². The normalized spacial score (nSPS) is 8.64. The Labute approximate surface area is 66.0 Å². The molecule has 0 saturated heterocycles. The lowest BCUT2D eigenvalue weighted by atomic mass is 10.1. The number of benzene rings is 1. The summed E-state index contributed by atoms with van der Waals surface area (Å²) in [4.78, 5) is 0. The summed E-state index contributed by atoms with van der Waals surface area (Å²) in [5.74, 6) is 2.50. The van der Waals surface area contributed by atoms with Crippen molar-refractivity contribution in [3.63, 3.8) is 0 Å². The van der Waals surface area contributed by atoms with Gasteiger partial charge in [-0.15, -0.1) is 6.42 Å². The van der Waals surface area contributed by atoms with E-state index >= 15 is 0 Å². The van der Waals surface area contributed by atoms with Crippen molar-refractivity contribution in [1.82, 2.24) is 0 Å². The van der Waals surface area contributed by atoms with Crippen LogP contribution in [0.15, 0.2) is 24.8 Å². The molecule has 0 fully saturated rings. The molecule has 0 aliphatic rings. The van der Waals surface area contributed by atoms with Gasteiger partial charge in [-0.05, 0) is 6.07 Å². The first-order chi connectivity index (χ1) is 5.29. The first-order valence-electron chi connectivity index (χ1n) is 3.20. The van der Waals surface area contributed by atoms with E-state index in [1.165, 1.54) is 0 Å². The van der Waals surface area contributed by atoms with Crippen LogP contribution in [0.4, 0.5) is 0 Å². The Bertz CT molecular complexity index is 318. The highest BCUT2D eigenvalue weighted by molar-refractivity contribution is 5.61. The van der Waals surface area contributed by atoms with Gasteiger partial charge < -0.3 is 5.11 Å². The van der Waals surface area contributed by atoms with Crippen LogP contribution in [-0.2, 0) is 0 Å². The lowest BCUT2D eigenvalue weighted by Crippen LogP contribution is -1.79. The molecule has 1 N–H and O–H groups in total. The van der Waals surface area contributed by atoms with Gasteiger partial charge in [-0.3, -0.25) is 0 Å². The maximum absolute atomic E-state index is 9.38. The molecule has 0 saturated carbocycles. The molecule has 1 aromatic rings. The Morgan fingerprint density at radius 2 is 2.27 bits per heavy atom. The second-order valence-corrected chi connectivity index (χ2v) is 2.09. The average Bonchev–Trinajstić information content (AvgIpc) is 2.05. The van der Waals surface area contributed by atoms with Gasteiger partial charge in [0.05, 0.1) is 5.56 Å². The Kier molecular flexibility index (Phi) is 1.98. The van der Waals surface area contributed by atoms with Crippen molar-refractivity contribution in [2.24, 2.45) is 0 Å². The van der Waals surface area contributed by atoms with Crippen LogP contribution in [0, 0.1) is 12.3 Å². The molecule has 0 aliphatic carbocycles. The van der Waals surface area contributed by atoms with E-state index < -0.39 is 0 Å². The van der Waals surface area contributed by atoms with E-state index in [0.29, 0.717) is 11.1 Å². The topological polar surface area (TPSA) is 20.2 Å². The Balaban J connectivity index is 3.34. The second-order valence-electron chi connectivity index (χ2n) is 2.09. The van der Waals surface area contributed by atoms with Gasteiger partial charge >= 0.3 is 0 Å². The fraction of sp³-hybridized carbons (Fsp3) is 0.